The van der Waals surface area contributed by atoms with E-state index in [0.29, 0.717) is 19.0 Å². The predicted octanol–water partition coefficient (Wildman–Crippen LogP) is 1.29. The van der Waals surface area contributed by atoms with E-state index >= 15 is 0 Å². The summed E-state index contributed by atoms with van der Waals surface area (Å²) >= 11 is 1.76. The zero-order valence-electron chi connectivity index (χ0n) is 14.5. The standard InChI is InChI=1S/C18H24N4O2S/c1-2-9-19-18(24)21-16(23)12-22-10-5-6-13(11-22)17-20-14-7-3-4-8-15(14)25-17/h3-4,7-8,13H,2,5-6,9-12H2,1H3,(H2,19,21,23,24)/p+1/t13-/m1/s1. The highest BCUT2D eigenvalue weighted by Gasteiger charge is 2.28. The summed E-state index contributed by atoms with van der Waals surface area (Å²) in [6, 6.07) is 7.80. The normalized spacial score (nSPS) is 20.4. The molecular formula is C18H25N4O2S+. The summed E-state index contributed by atoms with van der Waals surface area (Å²) in [6.45, 7) is 4.74. The number of para-hydroxylation sites is 1. The van der Waals surface area contributed by atoms with E-state index in [1.54, 1.807) is 11.3 Å². The molecule has 0 spiro atoms. The van der Waals surface area contributed by atoms with Crippen LogP contribution in [0.4, 0.5) is 4.79 Å². The molecule has 0 radical (unpaired) electrons. The maximum Gasteiger partial charge on any atom is 0.321 e. The maximum absolute atomic E-state index is 12.1. The van der Waals surface area contributed by atoms with Crippen LogP contribution in [0.3, 0.4) is 0 Å². The second-order valence-corrected chi connectivity index (χ2v) is 7.61. The van der Waals surface area contributed by atoms with Crippen molar-refractivity contribution in [2.45, 2.75) is 32.1 Å². The number of piperidine rings is 1. The molecule has 1 aliphatic heterocycles. The van der Waals surface area contributed by atoms with Crippen molar-refractivity contribution in [1.82, 2.24) is 15.6 Å². The number of hydrogen-bond donors (Lipinski definition) is 3. The predicted molar refractivity (Wildman–Crippen MR) is 99.0 cm³/mol. The highest BCUT2D eigenvalue weighted by atomic mass is 32.1. The van der Waals surface area contributed by atoms with Crippen LogP contribution in [0.15, 0.2) is 24.3 Å². The zero-order valence-corrected chi connectivity index (χ0v) is 15.3. The van der Waals surface area contributed by atoms with Gasteiger partial charge in [0.1, 0.15) is 5.01 Å². The number of thiazole rings is 1. The quantitative estimate of drug-likeness (QED) is 0.751. The fraction of sp³-hybridized carbons (Fsp3) is 0.500. The van der Waals surface area contributed by atoms with E-state index in [0.717, 1.165) is 37.9 Å². The van der Waals surface area contributed by atoms with Gasteiger partial charge in [0.2, 0.25) is 0 Å². The zero-order chi connectivity index (χ0) is 17.6. The Hall–Kier alpha value is -1.99. The molecule has 25 heavy (non-hydrogen) atoms. The number of carbonyl (C=O) groups is 2. The number of carbonyl (C=O) groups excluding carboxylic acids is 2. The second kappa shape index (κ2) is 8.40. The number of nitrogens with one attached hydrogen (secondary N) is 3. The van der Waals surface area contributed by atoms with Crippen LogP contribution in [-0.2, 0) is 4.79 Å². The number of fused-ring (bicyclic) bond motifs is 1. The molecule has 1 saturated heterocycles. The molecule has 2 atom stereocenters. The van der Waals surface area contributed by atoms with Gasteiger partial charge < -0.3 is 10.2 Å². The number of benzene rings is 1. The summed E-state index contributed by atoms with van der Waals surface area (Å²) in [5, 5.41) is 6.24. The van der Waals surface area contributed by atoms with Gasteiger partial charge in [0, 0.05) is 6.54 Å². The molecular weight excluding hydrogens is 336 g/mol. The van der Waals surface area contributed by atoms with Gasteiger partial charge in [-0.05, 0) is 31.4 Å². The van der Waals surface area contributed by atoms with Crippen molar-refractivity contribution in [1.29, 1.82) is 0 Å². The molecule has 6 nitrogen and oxygen atoms in total. The van der Waals surface area contributed by atoms with E-state index in [9.17, 15) is 9.59 Å². The third-order valence-electron chi connectivity index (χ3n) is 4.48. The van der Waals surface area contributed by atoms with Crippen molar-refractivity contribution in [2.24, 2.45) is 0 Å². The van der Waals surface area contributed by atoms with E-state index in [4.69, 9.17) is 4.98 Å². The molecule has 0 bridgehead atoms. The molecule has 3 amide bonds. The maximum atomic E-state index is 12.1. The summed E-state index contributed by atoms with van der Waals surface area (Å²) in [4.78, 5) is 29.6. The first-order chi connectivity index (χ1) is 12.2. The van der Waals surface area contributed by atoms with Gasteiger partial charge in [-0.25, -0.2) is 9.78 Å². The summed E-state index contributed by atoms with van der Waals surface area (Å²) < 4.78 is 1.22. The highest BCUT2D eigenvalue weighted by Crippen LogP contribution is 2.30. The molecule has 2 aromatic rings. The van der Waals surface area contributed by atoms with Gasteiger partial charge in [0.05, 0.1) is 29.2 Å². The molecule has 134 valence electrons. The molecule has 3 N–H and O–H groups in total. The summed E-state index contributed by atoms with van der Waals surface area (Å²) in [7, 11) is 0. The number of quaternary nitrogens is 1. The van der Waals surface area contributed by atoms with Crippen LogP contribution >= 0.6 is 11.3 Å². The number of hydrogen-bond acceptors (Lipinski definition) is 4. The van der Waals surface area contributed by atoms with Gasteiger partial charge >= 0.3 is 6.03 Å². The Morgan fingerprint density at radius 3 is 3.00 bits per heavy atom. The fourth-order valence-electron chi connectivity index (χ4n) is 3.27. The Kier molecular flexibility index (Phi) is 5.99. The van der Waals surface area contributed by atoms with E-state index in [-0.39, 0.29) is 5.91 Å². The third-order valence-corrected chi connectivity index (χ3v) is 5.68. The molecule has 1 aliphatic rings. The molecule has 1 aromatic carbocycles. The highest BCUT2D eigenvalue weighted by molar-refractivity contribution is 7.18. The van der Waals surface area contributed by atoms with Crippen LogP contribution in [0.1, 0.15) is 37.1 Å². The van der Waals surface area contributed by atoms with Gasteiger partial charge in [-0.2, -0.15) is 0 Å². The first kappa shape index (κ1) is 17.8. The van der Waals surface area contributed by atoms with Crippen LogP contribution < -0.4 is 15.5 Å². The van der Waals surface area contributed by atoms with Crippen LogP contribution in [0.25, 0.3) is 10.2 Å². The number of amides is 3. The average Bonchev–Trinajstić information content (AvgIpc) is 3.04. The third kappa shape index (κ3) is 4.76. The second-order valence-electron chi connectivity index (χ2n) is 6.54. The first-order valence-corrected chi connectivity index (χ1v) is 9.74. The molecule has 0 saturated carbocycles. The Labute approximate surface area is 151 Å². The minimum atomic E-state index is -0.397. The molecule has 3 rings (SSSR count). The largest absolute Gasteiger partial charge is 0.338 e. The van der Waals surface area contributed by atoms with E-state index in [2.05, 4.69) is 16.7 Å². The van der Waals surface area contributed by atoms with Crippen molar-refractivity contribution >= 4 is 33.5 Å². The van der Waals surface area contributed by atoms with Crippen LogP contribution in [0, 0.1) is 0 Å². The van der Waals surface area contributed by atoms with Gasteiger partial charge in [-0.15, -0.1) is 11.3 Å². The molecule has 2 heterocycles. The smallest absolute Gasteiger partial charge is 0.321 e. The Morgan fingerprint density at radius 2 is 2.20 bits per heavy atom. The first-order valence-electron chi connectivity index (χ1n) is 8.92. The molecule has 1 fully saturated rings. The lowest BCUT2D eigenvalue weighted by Gasteiger charge is -2.28. The lowest BCUT2D eigenvalue weighted by Crippen LogP contribution is -3.14. The van der Waals surface area contributed by atoms with Gasteiger partial charge in [-0.3, -0.25) is 10.1 Å². The van der Waals surface area contributed by atoms with Crippen LogP contribution in [-0.4, -0.2) is 43.1 Å². The van der Waals surface area contributed by atoms with Crippen molar-refractivity contribution in [3.63, 3.8) is 0 Å². The van der Waals surface area contributed by atoms with Crippen LogP contribution in [0.5, 0.6) is 0 Å². The van der Waals surface area contributed by atoms with Gasteiger partial charge in [0.25, 0.3) is 5.91 Å². The van der Waals surface area contributed by atoms with Crippen LogP contribution in [0.2, 0.25) is 0 Å². The number of likely N-dealkylation sites (tertiary alicyclic amines) is 1. The Morgan fingerprint density at radius 1 is 1.36 bits per heavy atom. The van der Waals surface area contributed by atoms with E-state index < -0.39 is 6.03 Å². The molecule has 7 heteroatoms. The van der Waals surface area contributed by atoms with Gasteiger partial charge in [-0.1, -0.05) is 19.1 Å². The summed E-state index contributed by atoms with van der Waals surface area (Å²) in [5.74, 6) is 0.177. The van der Waals surface area contributed by atoms with Crippen molar-refractivity contribution < 1.29 is 14.5 Å². The fourth-order valence-corrected chi connectivity index (χ4v) is 4.37. The Bertz CT molecular complexity index is 713. The number of rotatable bonds is 5. The van der Waals surface area contributed by atoms with Gasteiger partial charge in [0.15, 0.2) is 6.54 Å². The number of aromatic nitrogens is 1. The van der Waals surface area contributed by atoms with E-state index in [1.807, 2.05) is 25.1 Å². The average molecular weight is 361 g/mol. The lowest BCUT2D eigenvalue weighted by atomic mass is 9.99. The molecule has 1 aromatic heterocycles. The topological polar surface area (TPSA) is 75.5 Å². The summed E-state index contributed by atoms with van der Waals surface area (Å²) in [5.41, 5.74) is 1.06. The number of imide groups is 1. The minimum Gasteiger partial charge on any atom is -0.338 e. The molecule has 1 unspecified atom stereocenters. The minimum absolute atomic E-state index is 0.214. The van der Waals surface area contributed by atoms with Crippen molar-refractivity contribution in [3.05, 3.63) is 29.3 Å². The van der Waals surface area contributed by atoms with E-state index in [1.165, 1.54) is 14.6 Å². The van der Waals surface area contributed by atoms with Crippen molar-refractivity contribution in [3.8, 4) is 0 Å². The lowest BCUT2D eigenvalue weighted by molar-refractivity contribution is -0.898. The monoisotopic (exact) mass is 361 g/mol. The SMILES string of the molecule is CCCNC(=O)NC(=O)C[NH+]1CCC[C@@H](c2nc3ccccc3s2)C1. The van der Waals surface area contributed by atoms with Crippen molar-refractivity contribution in [2.75, 3.05) is 26.2 Å². The summed E-state index contributed by atoms with van der Waals surface area (Å²) in [6.07, 6.45) is 3.04. The number of nitrogens with zero attached hydrogens (tertiary/aromatic N) is 1. The molecule has 0 aliphatic carbocycles. The number of urea groups is 1. The Balaban J connectivity index is 1.55.